The van der Waals surface area contributed by atoms with Crippen LogP contribution in [0.25, 0.3) is 0 Å². The molecule has 5 saturated carbocycles. The van der Waals surface area contributed by atoms with Crippen LogP contribution in [0.3, 0.4) is 0 Å². The lowest BCUT2D eigenvalue weighted by atomic mass is 9.49. The lowest BCUT2D eigenvalue weighted by Gasteiger charge is -2.56. The minimum absolute atomic E-state index is 0.0955. The van der Waals surface area contributed by atoms with Crippen molar-refractivity contribution in [1.29, 1.82) is 0 Å². The molecule has 5 aliphatic carbocycles. The minimum atomic E-state index is -0.153. The van der Waals surface area contributed by atoms with Gasteiger partial charge >= 0.3 is 5.97 Å². The normalized spacial score (nSPS) is 37.0. The Labute approximate surface area is 157 Å². The van der Waals surface area contributed by atoms with Gasteiger partial charge in [-0.2, -0.15) is 0 Å². The van der Waals surface area contributed by atoms with Gasteiger partial charge in [-0.1, -0.05) is 32.1 Å². The summed E-state index contributed by atoms with van der Waals surface area (Å²) in [4.78, 5) is 24.6. The molecule has 0 spiro atoms. The third kappa shape index (κ3) is 4.43. The third-order valence-electron chi connectivity index (χ3n) is 7.52. The Bertz CT molecular complexity index is 486. The van der Waals surface area contributed by atoms with Crippen LogP contribution >= 0.6 is 0 Å². The standard InChI is InChI=1S/C22H35NO3/c24-20(23-19-6-4-2-1-3-5-7-19)15-26-21(25)14-22-11-16-8-17(12-22)10-18(9-16)13-22/h16-19H,1-15H2,(H,23,24). The van der Waals surface area contributed by atoms with Crippen LogP contribution < -0.4 is 5.32 Å². The molecular formula is C22H35NO3. The van der Waals surface area contributed by atoms with Crippen molar-refractivity contribution in [2.24, 2.45) is 23.2 Å². The highest BCUT2D eigenvalue weighted by Gasteiger charge is 2.51. The highest BCUT2D eigenvalue weighted by atomic mass is 16.5. The summed E-state index contributed by atoms with van der Waals surface area (Å²) in [5.41, 5.74) is 0.196. The number of ether oxygens (including phenoxy) is 1. The van der Waals surface area contributed by atoms with Gasteiger partial charge in [0.15, 0.2) is 6.61 Å². The molecule has 0 heterocycles. The first-order chi connectivity index (χ1) is 12.6. The zero-order valence-electron chi connectivity index (χ0n) is 16.1. The summed E-state index contributed by atoms with van der Waals surface area (Å²) in [6.45, 7) is -0.0955. The van der Waals surface area contributed by atoms with Crippen molar-refractivity contribution < 1.29 is 14.3 Å². The Morgan fingerprint density at radius 3 is 1.96 bits per heavy atom. The van der Waals surface area contributed by atoms with Crippen LogP contribution in [0, 0.1) is 23.2 Å². The van der Waals surface area contributed by atoms with Crippen LogP contribution in [0.15, 0.2) is 0 Å². The number of nitrogens with one attached hydrogen (secondary N) is 1. The van der Waals surface area contributed by atoms with E-state index in [1.54, 1.807) is 0 Å². The molecule has 1 N–H and O–H groups in total. The van der Waals surface area contributed by atoms with Gasteiger partial charge in [-0.15, -0.1) is 0 Å². The second-order valence-corrected chi connectivity index (χ2v) is 9.86. The number of rotatable bonds is 5. The van der Waals surface area contributed by atoms with Crippen LogP contribution in [0.2, 0.25) is 0 Å². The number of esters is 1. The van der Waals surface area contributed by atoms with E-state index in [0.717, 1.165) is 30.6 Å². The summed E-state index contributed by atoms with van der Waals surface area (Å²) in [5.74, 6) is 2.26. The van der Waals surface area contributed by atoms with Crippen LogP contribution in [0.1, 0.15) is 89.9 Å². The smallest absolute Gasteiger partial charge is 0.306 e. The molecule has 0 aromatic rings. The summed E-state index contributed by atoms with van der Waals surface area (Å²) in [6, 6.07) is 0.268. The van der Waals surface area contributed by atoms with Crippen molar-refractivity contribution in [3.05, 3.63) is 0 Å². The zero-order valence-corrected chi connectivity index (χ0v) is 16.1. The van der Waals surface area contributed by atoms with Crippen LogP contribution in [0.4, 0.5) is 0 Å². The molecule has 0 aromatic heterocycles. The SMILES string of the molecule is O=C(COC(=O)CC12CC3CC(CC(C3)C1)C2)NC1CCCCCCC1. The Morgan fingerprint density at radius 2 is 1.38 bits per heavy atom. The number of carbonyl (C=O) groups is 2. The van der Waals surface area contributed by atoms with E-state index in [0.29, 0.717) is 6.42 Å². The topological polar surface area (TPSA) is 55.4 Å². The molecule has 5 fully saturated rings. The molecule has 0 unspecified atom stereocenters. The minimum Gasteiger partial charge on any atom is -0.456 e. The van der Waals surface area contributed by atoms with Crippen molar-refractivity contribution in [1.82, 2.24) is 5.32 Å². The lowest BCUT2D eigenvalue weighted by molar-refractivity contribution is -0.155. The average molecular weight is 362 g/mol. The van der Waals surface area contributed by atoms with Crippen LogP contribution in [-0.4, -0.2) is 24.5 Å². The predicted molar refractivity (Wildman–Crippen MR) is 100 cm³/mol. The van der Waals surface area contributed by atoms with Crippen molar-refractivity contribution in [2.45, 2.75) is 95.9 Å². The van der Waals surface area contributed by atoms with E-state index in [4.69, 9.17) is 4.74 Å². The highest BCUT2D eigenvalue weighted by molar-refractivity contribution is 5.80. The molecule has 0 aromatic carbocycles. The second-order valence-electron chi connectivity index (χ2n) is 9.86. The number of hydrogen-bond donors (Lipinski definition) is 1. The monoisotopic (exact) mass is 361 g/mol. The fourth-order valence-corrected chi connectivity index (χ4v) is 6.88. The van der Waals surface area contributed by atoms with Gasteiger partial charge in [-0.05, 0) is 74.5 Å². The maximum Gasteiger partial charge on any atom is 0.306 e. The fraction of sp³-hybridized carbons (Fsp3) is 0.909. The second kappa shape index (κ2) is 7.90. The summed E-state index contributed by atoms with van der Waals surface area (Å²) < 4.78 is 5.39. The lowest BCUT2D eigenvalue weighted by Crippen LogP contribution is -2.47. The van der Waals surface area contributed by atoms with Gasteiger partial charge in [-0.3, -0.25) is 9.59 Å². The summed E-state index contributed by atoms with van der Waals surface area (Å²) in [5, 5.41) is 3.09. The first-order valence-corrected chi connectivity index (χ1v) is 11.1. The molecule has 5 aliphatic rings. The molecule has 0 radical (unpaired) electrons. The van der Waals surface area contributed by atoms with Crippen LogP contribution in [-0.2, 0) is 14.3 Å². The number of hydrogen-bond acceptors (Lipinski definition) is 3. The Kier molecular flexibility index (Phi) is 5.56. The van der Waals surface area contributed by atoms with E-state index >= 15 is 0 Å². The van der Waals surface area contributed by atoms with Gasteiger partial charge in [0.1, 0.15) is 0 Å². The summed E-state index contributed by atoms with van der Waals surface area (Å²) in [6.07, 6.45) is 16.7. The third-order valence-corrected chi connectivity index (χ3v) is 7.52. The van der Waals surface area contributed by atoms with Gasteiger partial charge in [0.2, 0.25) is 0 Å². The van der Waals surface area contributed by atoms with Gasteiger partial charge in [0, 0.05) is 6.04 Å². The van der Waals surface area contributed by atoms with E-state index < -0.39 is 0 Å². The molecule has 1 amide bonds. The average Bonchev–Trinajstić information content (AvgIpc) is 2.53. The molecule has 26 heavy (non-hydrogen) atoms. The van der Waals surface area contributed by atoms with E-state index in [1.165, 1.54) is 70.6 Å². The molecular weight excluding hydrogens is 326 g/mol. The van der Waals surface area contributed by atoms with Gasteiger partial charge in [0.05, 0.1) is 6.42 Å². The molecule has 146 valence electrons. The predicted octanol–water partition coefficient (Wildman–Crippen LogP) is 4.37. The number of amides is 1. The molecule has 0 saturated heterocycles. The van der Waals surface area contributed by atoms with E-state index in [1.807, 2.05) is 0 Å². The van der Waals surface area contributed by atoms with Gasteiger partial charge in [0.25, 0.3) is 5.91 Å². The van der Waals surface area contributed by atoms with E-state index in [-0.39, 0.29) is 29.9 Å². The van der Waals surface area contributed by atoms with Gasteiger partial charge in [-0.25, -0.2) is 0 Å². The van der Waals surface area contributed by atoms with Crippen molar-refractivity contribution >= 4 is 11.9 Å². The van der Waals surface area contributed by atoms with Gasteiger partial charge < -0.3 is 10.1 Å². The quantitative estimate of drug-likeness (QED) is 0.740. The van der Waals surface area contributed by atoms with Crippen LogP contribution in [0.5, 0.6) is 0 Å². The first kappa shape index (κ1) is 18.3. The number of carbonyl (C=O) groups excluding carboxylic acids is 2. The Balaban J connectivity index is 1.21. The maximum atomic E-state index is 12.4. The molecule has 0 aliphatic heterocycles. The fourth-order valence-electron chi connectivity index (χ4n) is 6.88. The molecule has 5 rings (SSSR count). The largest absolute Gasteiger partial charge is 0.456 e. The first-order valence-electron chi connectivity index (χ1n) is 11.1. The molecule has 0 atom stereocenters. The summed E-state index contributed by atoms with van der Waals surface area (Å²) >= 11 is 0. The summed E-state index contributed by atoms with van der Waals surface area (Å²) in [7, 11) is 0. The molecule has 4 nitrogen and oxygen atoms in total. The Hall–Kier alpha value is -1.06. The van der Waals surface area contributed by atoms with Crippen molar-refractivity contribution in [2.75, 3.05) is 6.61 Å². The highest BCUT2D eigenvalue weighted by Crippen LogP contribution is 2.61. The molecule has 4 heteroatoms. The zero-order chi connectivity index (χ0) is 18.0. The Morgan fingerprint density at radius 1 is 0.846 bits per heavy atom. The van der Waals surface area contributed by atoms with E-state index in [9.17, 15) is 9.59 Å². The van der Waals surface area contributed by atoms with Crippen molar-refractivity contribution in [3.8, 4) is 0 Å². The molecule has 4 bridgehead atoms. The maximum absolute atomic E-state index is 12.4. The van der Waals surface area contributed by atoms with Crippen molar-refractivity contribution in [3.63, 3.8) is 0 Å². The van der Waals surface area contributed by atoms with E-state index in [2.05, 4.69) is 5.32 Å².